The molecule has 0 spiro atoms. The lowest BCUT2D eigenvalue weighted by Gasteiger charge is -1.94. The maximum absolute atomic E-state index is 10.7. The summed E-state index contributed by atoms with van der Waals surface area (Å²) in [6, 6.07) is 2.47. The predicted octanol–water partition coefficient (Wildman–Crippen LogP) is 0.488. The van der Waals surface area contributed by atoms with Gasteiger partial charge in [-0.25, -0.2) is 10.3 Å². The second kappa shape index (κ2) is 3.59. The molecule has 13 heavy (non-hydrogen) atoms. The number of nitrogens with one attached hydrogen (secondary N) is 2. The van der Waals surface area contributed by atoms with Gasteiger partial charge in [0.05, 0.1) is 0 Å². The van der Waals surface area contributed by atoms with Gasteiger partial charge in [-0.15, -0.1) is 0 Å². The van der Waals surface area contributed by atoms with Gasteiger partial charge in [0.15, 0.2) is 5.76 Å². The van der Waals surface area contributed by atoms with E-state index in [1.165, 1.54) is 17.6 Å². The Morgan fingerprint density at radius 3 is 2.62 bits per heavy atom. The molecule has 0 fully saturated rings. The summed E-state index contributed by atoms with van der Waals surface area (Å²) in [5, 5.41) is 18.3. The highest BCUT2D eigenvalue weighted by atomic mass is 16.5. The Kier molecular flexibility index (Phi) is 2.50. The van der Waals surface area contributed by atoms with E-state index in [9.17, 15) is 9.59 Å². The minimum atomic E-state index is -1.30. The summed E-state index contributed by atoms with van der Waals surface area (Å²) in [6.45, 7) is 0. The Morgan fingerprint density at radius 2 is 2.08 bits per heavy atom. The SMILES string of the molecule is O=C(O)Nc1ccc(C(=O)NO)o1. The number of furan rings is 1. The van der Waals surface area contributed by atoms with Crippen LogP contribution in [0.2, 0.25) is 0 Å². The molecule has 0 bridgehead atoms. The second-order valence-corrected chi connectivity index (χ2v) is 2.03. The van der Waals surface area contributed by atoms with E-state index < -0.39 is 12.0 Å². The molecule has 0 unspecified atom stereocenters. The molecule has 0 atom stereocenters. The number of carbonyl (C=O) groups excluding carboxylic acids is 1. The van der Waals surface area contributed by atoms with E-state index in [4.69, 9.17) is 10.3 Å². The van der Waals surface area contributed by atoms with Crippen LogP contribution < -0.4 is 10.8 Å². The zero-order valence-corrected chi connectivity index (χ0v) is 6.27. The largest absolute Gasteiger partial charge is 0.465 e. The van der Waals surface area contributed by atoms with Crippen molar-refractivity contribution < 1.29 is 24.3 Å². The minimum Gasteiger partial charge on any atom is -0.465 e. The van der Waals surface area contributed by atoms with E-state index in [0.717, 1.165) is 0 Å². The van der Waals surface area contributed by atoms with Gasteiger partial charge in [-0.05, 0) is 6.07 Å². The van der Waals surface area contributed by atoms with Gasteiger partial charge < -0.3 is 9.52 Å². The molecule has 7 heteroatoms. The molecule has 0 aromatic carbocycles. The Morgan fingerprint density at radius 1 is 1.38 bits per heavy atom. The van der Waals surface area contributed by atoms with Crippen LogP contribution in [0.5, 0.6) is 0 Å². The van der Waals surface area contributed by atoms with Crippen LogP contribution >= 0.6 is 0 Å². The van der Waals surface area contributed by atoms with Crippen molar-refractivity contribution >= 4 is 17.9 Å². The molecule has 0 saturated carbocycles. The number of amides is 2. The van der Waals surface area contributed by atoms with Crippen LogP contribution in [0.15, 0.2) is 16.5 Å². The number of rotatable bonds is 2. The van der Waals surface area contributed by atoms with E-state index in [2.05, 4.69) is 4.42 Å². The number of carbonyl (C=O) groups is 2. The lowest BCUT2D eigenvalue weighted by molar-refractivity contribution is 0.0677. The standard InChI is InChI=1S/C6H6N2O5/c9-5(8-12)3-1-2-4(13-3)7-6(10)11/h1-2,7,12H,(H,8,9)(H,10,11). The van der Waals surface area contributed by atoms with Crippen LogP contribution in [0.3, 0.4) is 0 Å². The summed E-state index contributed by atoms with van der Waals surface area (Å²) in [7, 11) is 0. The molecule has 4 N–H and O–H groups in total. The average molecular weight is 186 g/mol. The zero-order valence-electron chi connectivity index (χ0n) is 6.27. The predicted molar refractivity (Wildman–Crippen MR) is 39.6 cm³/mol. The number of hydroxylamine groups is 1. The third kappa shape index (κ3) is 2.20. The topological polar surface area (TPSA) is 112 Å². The fraction of sp³-hybridized carbons (Fsp3) is 0. The molecule has 7 nitrogen and oxygen atoms in total. The normalized spacial score (nSPS) is 9.31. The van der Waals surface area contributed by atoms with Crippen molar-refractivity contribution in [1.29, 1.82) is 0 Å². The smallest absolute Gasteiger partial charge is 0.411 e. The lowest BCUT2D eigenvalue weighted by Crippen LogP contribution is -2.17. The second-order valence-electron chi connectivity index (χ2n) is 2.03. The molecule has 1 aromatic rings. The first-order valence-corrected chi connectivity index (χ1v) is 3.17. The van der Waals surface area contributed by atoms with Crippen LogP contribution in [0.4, 0.5) is 10.7 Å². The van der Waals surface area contributed by atoms with Crippen molar-refractivity contribution in [3.63, 3.8) is 0 Å². The van der Waals surface area contributed by atoms with E-state index >= 15 is 0 Å². The summed E-state index contributed by atoms with van der Waals surface area (Å²) in [5.74, 6) is -1.13. The van der Waals surface area contributed by atoms with Gasteiger partial charge in [0.25, 0.3) is 0 Å². The van der Waals surface area contributed by atoms with Crippen LogP contribution in [0, 0.1) is 0 Å². The van der Waals surface area contributed by atoms with Gasteiger partial charge in [-0.3, -0.25) is 15.3 Å². The van der Waals surface area contributed by atoms with E-state index in [-0.39, 0.29) is 11.6 Å². The molecular formula is C6H6N2O5. The Bertz CT molecular complexity index is 332. The van der Waals surface area contributed by atoms with Crippen molar-refractivity contribution in [2.24, 2.45) is 0 Å². The summed E-state index contributed by atoms with van der Waals surface area (Å²) < 4.78 is 4.68. The third-order valence-corrected chi connectivity index (χ3v) is 1.16. The molecule has 1 heterocycles. The minimum absolute atomic E-state index is 0.0916. The molecule has 0 aliphatic carbocycles. The van der Waals surface area contributed by atoms with E-state index in [1.54, 1.807) is 0 Å². The number of hydrogen-bond donors (Lipinski definition) is 4. The van der Waals surface area contributed by atoms with Crippen LogP contribution in [-0.2, 0) is 0 Å². The highest BCUT2D eigenvalue weighted by Gasteiger charge is 2.10. The van der Waals surface area contributed by atoms with Crippen LogP contribution in [-0.4, -0.2) is 22.3 Å². The van der Waals surface area contributed by atoms with Crippen molar-refractivity contribution in [2.45, 2.75) is 0 Å². The Hall–Kier alpha value is -2.02. The molecule has 70 valence electrons. The fourth-order valence-electron chi connectivity index (χ4n) is 0.688. The quantitative estimate of drug-likeness (QED) is 0.396. The molecule has 0 radical (unpaired) electrons. The first kappa shape index (κ1) is 9.07. The highest BCUT2D eigenvalue weighted by Crippen LogP contribution is 2.12. The van der Waals surface area contributed by atoms with Gasteiger partial charge in [-0.2, -0.15) is 0 Å². The monoisotopic (exact) mass is 186 g/mol. The Balaban J connectivity index is 2.74. The molecule has 0 aliphatic heterocycles. The summed E-state index contributed by atoms with van der Waals surface area (Å²) >= 11 is 0. The summed E-state index contributed by atoms with van der Waals surface area (Å²) in [5.41, 5.74) is 1.34. The first-order valence-electron chi connectivity index (χ1n) is 3.17. The maximum Gasteiger partial charge on any atom is 0.411 e. The van der Waals surface area contributed by atoms with E-state index in [0.29, 0.717) is 0 Å². The molecule has 1 rings (SSSR count). The van der Waals surface area contributed by atoms with Crippen molar-refractivity contribution in [3.8, 4) is 0 Å². The third-order valence-electron chi connectivity index (χ3n) is 1.16. The first-order chi connectivity index (χ1) is 6.13. The van der Waals surface area contributed by atoms with Crippen molar-refractivity contribution in [3.05, 3.63) is 17.9 Å². The summed E-state index contributed by atoms with van der Waals surface area (Å²) in [6.07, 6.45) is -1.30. The van der Waals surface area contributed by atoms with Gasteiger partial charge in [0.1, 0.15) is 0 Å². The van der Waals surface area contributed by atoms with Gasteiger partial charge in [0.2, 0.25) is 5.88 Å². The number of anilines is 1. The average Bonchev–Trinajstić information content (AvgIpc) is 2.50. The van der Waals surface area contributed by atoms with Gasteiger partial charge >= 0.3 is 12.0 Å². The van der Waals surface area contributed by atoms with Crippen LogP contribution in [0.1, 0.15) is 10.6 Å². The lowest BCUT2D eigenvalue weighted by atomic mass is 10.4. The maximum atomic E-state index is 10.7. The molecule has 1 aromatic heterocycles. The molecule has 0 saturated heterocycles. The van der Waals surface area contributed by atoms with E-state index in [1.807, 2.05) is 5.32 Å². The van der Waals surface area contributed by atoms with Gasteiger partial charge in [0, 0.05) is 6.07 Å². The number of carboxylic acid groups (broad SMARTS) is 1. The van der Waals surface area contributed by atoms with Gasteiger partial charge in [-0.1, -0.05) is 0 Å². The molecular weight excluding hydrogens is 180 g/mol. The summed E-state index contributed by atoms with van der Waals surface area (Å²) in [4.78, 5) is 20.8. The fourth-order valence-corrected chi connectivity index (χ4v) is 0.688. The molecule has 2 amide bonds. The van der Waals surface area contributed by atoms with Crippen LogP contribution in [0.25, 0.3) is 0 Å². The number of hydrogen-bond acceptors (Lipinski definition) is 4. The Labute approximate surface area is 71.9 Å². The van der Waals surface area contributed by atoms with Crippen molar-refractivity contribution in [1.82, 2.24) is 5.48 Å². The highest BCUT2D eigenvalue weighted by molar-refractivity contribution is 5.91. The van der Waals surface area contributed by atoms with Crippen molar-refractivity contribution in [2.75, 3.05) is 5.32 Å². The zero-order chi connectivity index (χ0) is 9.84. The molecule has 0 aliphatic rings.